The lowest BCUT2D eigenvalue weighted by Gasteiger charge is -2.18. The fraction of sp³-hybridized carbons (Fsp3) is 0.556. The van der Waals surface area contributed by atoms with Crippen molar-refractivity contribution in [1.29, 1.82) is 0 Å². The Bertz CT molecular complexity index is 618. The average Bonchev–Trinajstić information content (AvgIpc) is 2.89. The van der Waals surface area contributed by atoms with Crippen LogP contribution in [0.3, 0.4) is 0 Å². The lowest BCUT2D eigenvalue weighted by Crippen LogP contribution is -2.36. The van der Waals surface area contributed by atoms with Crippen LogP contribution < -0.4 is 10.2 Å². The van der Waals surface area contributed by atoms with Crippen LogP contribution in [0, 0.1) is 24.6 Å². The van der Waals surface area contributed by atoms with E-state index < -0.39 is 12.0 Å². The molecule has 6 heteroatoms. The molecule has 2 N–H and O–H groups in total. The standard InChI is InChI=1S/C18H25FN2O3/c1-11(6-13(3)22)9-20-18(24)14-8-17(23)21(10-14)15-4-5-16(19)12(2)7-15/h4-5,7,11,13-14,22H,6,8-10H2,1-3H3,(H,20,24). The molecule has 3 unspecified atom stereocenters. The molecule has 1 aliphatic rings. The van der Waals surface area contributed by atoms with E-state index in [9.17, 15) is 19.1 Å². The van der Waals surface area contributed by atoms with Crippen LogP contribution in [0.1, 0.15) is 32.3 Å². The zero-order valence-electron chi connectivity index (χ0n) is 14.4. The van der Waals surface area contributed by atoms with E-state index in [0.717, 1.165) is 0 Å². The maximum atomic E-state index is 13.4. The minimum atomic E-state index is -0.401. The Kier molecular flexibility index (Phi) is 5.94. The van der Waals surface area contributed by atoms with Crippen LogP contribution in [0.15, 0.2) is 18.2 Å². The monoisotopic (exact) mass is 336 g/mol. The van der Waals surface area contributed by atoms with Crippen LogP contribution in [-0.2, 0) is 9.59 Å². The van der Waals surface area contributed by atoms with E-state index in [1.165, 1.54) is 11.0 Å². The van der Waals surface area contributed by atoms with Crippen LogP contribution in [0.5, 0.6) is 0 Å². The minimum absolute atomic E-state index is 0.127. The third-order valence-corrected chi connectivity index (χ3v) is 4.32. The first-order valence-electron chi connectivity index (χ1n) is 8.30. The molecule has 1 heterocycles. The largest absolute Gasteiger partial charge is 0.393 e. The molecule has 0 bridgehead atoms. The average molecular weight is 336 g/mol. The zero-order valence-corrected chi connectivity index (χ0v) is 14.4. The van der Waals surface area contributed by atoms with E-state index in [0.29, 0.717) is 30.8 Å². The van der Waals surface area contributed by atoms with Gasteiger partial charge in [-0.25, -0.2) is 4.39 Å². The number of amides is 2. The molecule has 1 saturated heterocycles. The van der Waals surface area contributed by atoms with Crippen molar-refractivity contribution in [2.24, 2.45) is 11.8 Å². The number of hydrogen-bond donors (Lipinski definition) is 2. The summed E-state index contributed by atoms with van der Waals surface area (Å²) in [6.07, 6.45) is 0.375. The maximum Gasteiger partial charge on any atom is 0.227 e. The molecule has 1 aliphatic heterocycles. The summed E-state index contributed by atoms with van der Waals surface area (Å²) in [6.45, 7) is 6.11. The molecule has 0 aromatic heterocycles. The first kappa shape index (κ1) is 18.4. The van der Waals surface area contributed by atoms with Gasteiger partial charge in [0.1, 0.15) is 5.82 Å². The van der Waals surface area contributed by atoms with Crippen molar-refractivity contribution in [3.63, 3.8) is 0 Å². The van der Waals surface area contributed by atoms with Gasteiger partial charge in [-0.3, -0.25) is 9.59 Å². The fourth-order valence-electron chi connectivity index (χ4n) is 3.01. The number of aryl methyl sites for hydroxylation is 1. The van der Waals surface area contributed by atoms with Crippen LogP contribution in [0.2, 0.25) is 0 Å². The second-order valence-electron chi connectivity index (χ2n) is 6.77. The zero-order chi connectivity index (χ0) is 17.9. The molecule has 24 heavy (non-hydrogen) atoms. The molecule has 0 radical (unpaired) electrons. The summed E-state index contributed by atoms with van der Waals surface area (Å²) < 4.78 is 13.4. The van der Waals surface area contributed by atoms with E-state index >= 15 is 0 Å². The summed E-state index contributed by atoms with van der Waals surface area (Å²) in [5, 5.41) is 12.2. The summed E-state index contributed by atoms with van der Waals surface area (Å²) in [6, 6.07) is 4.52. The molecule has 1 aromatic carbocycles. The number of nitrogens with one attached hydrogen (secondary N) is 1. The number of hydrogen-bond acceptors (Lipinski definition) is 3. The SMILES string of the molecule is Cc1cc(N2CC(C(=O)NCC(C)CC(C)O)CC2=O)ccc1F. The van der Waals surface area contributed by atoms with Gasteiger partial charge < -0.3 is 15.3 Å². The van der Waals surface area contributed by atoms with E-state index in [1.807, 2.05) is 6.92 Å². The quantitative estimate of drug-likeness (QED) is 0.835. The van der Waals surface area contributed by atoms with Gasteiger partial charge in [0, 0.05) is 25.2 Å². The Morgan fingerprint density at radius 1 is 1.46 bits per heavy atom. The van der Waals surface area contributed by atoms with Gasteiger partial charge in [0.15, 0.2) is 0 Å². The van der Waals surface area contributed by atoms with Gasteiger partial charge >= 0.3 is 0 Å². The summed E-state index contributed by atoms with van der Waals surface area (Å²) in [7, 11) is 0. The third-order valence-electron chi connectivity index (χ3n) is 4.32. The van der Waals surface area contributed by atoms with Crippen LogP contribution in [0.4, 0.5) is 10.1 Å². The first-order valence-corrected chi connectivity index (χ1v) is 8.30. The molecule has 2 amide bonds. The van der Waals surface area contributed by atoms with E-state index in [1.54, 1.807) is 26.0 Å². The van der Waals surface area contributed by atoms with Crippen molar-refractivity contribution < 1.29 is 19.1 Å². The van der Waals surface area contributed by atoms with Gasteiger partial charge in [-0.1, -0.05) is 6.92 Å². The predicted octanol–water partition coefficient (Wildman–Crippen LogP) is 2.01. The number of aliphatic hydroxyl groups is 1. The van der Waals surface area contributed by atoms with Gasteiger partial charge in [-0.05, 0) is 49.9 Å². The summed E-state index contributed by atoms with van der Waals surface area (Å²) >= 11 is 0. The van der Waals surface area contributed by atoms with Crippen molar-refractivity contribution in [3.05, 3.63) is 29.6 Å². The Morgan fingerprint density at radius 3 is 2.79 bits per heavy atom. The van der Waals surface area contributed by atoms with Crippen LogP contribution in [-0.4, -0.2) is 36.1 Å². The summed E-state index contributed by atoms with van der Waals surface area (Å²) in [5.41, 5.74) is 1.09. The number of aliphatic hydroxyl groups excluding tert-OH is 1. The van der Waals surface area contributed by atoms with E-state index in [2.05, 4.69) is 5.32 Å². The van der Waals surface area contributed by atoms with Crippen molar-refractivity contribution in [1.82, 2.24) is 5.32 Å². The molecular formula is C18H25FN2O3. The molecule has 5 nitrogen and oxygen atoms in total. The molecule has 3 atom stereocenters. The number of benzene rings is 1. The van der Waals surface area contributed by atoms with Crippen LogP contribution in [0.25, 0.3) is 0 Å². The van der Waals surface area contributed by atoms with Gasteiger partial charge in [-0.2, -0.15) is 0 Å². The van der Waals surface area contributed by atoms with E-state index in [4.69, 9.17) is 0 Å². The molecule has 0 aliphatic carbocycles. The third kappa shape index (κ3) is 4.54. The summed E-state index contributed by atoms with van der Waals surface area (Å²) in [4.78, 5) is 26.0. The van der Waals surface area contributed by atoms with Gasteiger partial charge in [-0.15, -0.1) is 0 Å². The summed E-state index contributed by atoms with van der Waals surface area (Å²) in [5.74, 6) is -0.824. The highest BCUT2D eigenvalue weighted by molar-refractivity contribution is 6.00. The van der Waals surface area contributed by atoms with E-state index in [-0.39, 0.29) is 30.0 Å². The number of anilines is 1. The molecule has 2 rings (SSSR count). The minimum Gasteiger partial charge on any atom is -0.393 e. The second-order valence-corrected chi connectivity index (χ2v) is 6.77. The highest BCUT2D eigenvalue weighted by Gasteiger charge is 2.35. The fourth-order valence-corrected chi connectivity index (χ4v) is 3.01. The molecule has 132 valence electrons. The highest BCUT2D eigenvalue weighted by atomic mass is 19.1. The number of nitrogens with zero attached hydrogens (tertiary/aromatic N) is 1. The predicted molar refractivity (Wildman–Crippen MR) is 90.1 cm³/mol. The van der Waals surface area contributed by atoms with Crippen molar-refractivity contribution >= 4 is 17.5 Å². The van der Waals surface area contributed by atoms with Crippen molar-refractivity contribution in [2.45, 2.75) is 39.7 Å². The lowest BCUT2D eigenvalue weighted by atomic mass is 10.0. The Morgan fingerprint density at radius 2 is 2.17 bits per heavy atom. The normalized spacial score (nSPS) is 20.1. The van der Waals surface area contributed by atoms with Gasteiger partial charge in [0.2, 0.25) is 11.8 Å². The second kappa shape index (κ2) is 7.75. The first-order chi connectivity index (χ1) is 11.3. The molecular weight excluding hydrogens is 311 g/mol. The lowest BCUT2D eigenvalue weighted by molar-refractivity contribution is -0.126. The number of carbonyl (C=O) groups excluding carboxylic acids is 2. The molecule has 0 saturated carbocycles. The molecule has 1 aromatic rings. The smallest absolute Gasteiger partial charge is 0.227 e. The Balaban J connectivity index is 1.93. The Labute approximate surface area is 141 Å². The number of rotatable bonds is 6. The van der Waals surface area contributed by atoms with Crippen molar-refractivity contribution in [2.75, 3.05) is 18.0 Å². The maximum absolute atomic E-state index is 13.4. The topological polar surface area (TPSA) is 69.6 Å². The van der Waals surface area contributed by atoms with Crippen LogP contribution >= 0.6 is 0 Å². The number of halogens is 1. The molecule has 0 spiro atoms. The molecule has 1 fully saturated rings. The van der Waals surface area contributed by atoms with Gasteiger partial charge in [0.05, 0.1) is 12.0 Å². The Hall–Kier alpha value is -1.95. The van der Waals surface area contributed by atoms with Gasteiger partial charge in [0.25, 0.3) is 0 Å². The number of carbonyl (C=O) groups is 2. The highest BCUT2D eigenvalue weighted by Crippen LogP contribution is 2.26. The van der Waals surface area contributed by atoms with Crippen molar-refractivity contribution in [3.8, 4) is 0 Å².